The fourth-order valence-corrected chi connectivity index (χ4v) is 5.05. The molecule has 9 nitrogen and oxygen atoms in total. The summed E-state index contributed by atoms with van der Waals surface area (Å²) in [5, 5.41) is 0. The van der Waals surface area contributed by atoms with E-state index in [0.717, 1.165) is 16.9 Å². The summed E-state index contributed by atoms with van der Waals surface area (Å²) < 4.78 is 18.1. The Morgan fingerprint density at radius 3 is 2.78 bits per heavy atom. The number of amides is 2. The quantitative estimate of drug-likeness (QED) is 0.637. The molecular formula is C22H26N3O6P. The van der Waals surface area contributed by atoms with E-state index in [-0.39, 0.29) is 36.6 Å². The normalized spacial score (nSPS) is 19.9. The minimum absolute atomic E-state index is 0.00582. The molecule has 2 aliphatic rings. The number of pyridine rings is 1. The molecule has 2 aliphatic heterocycles. The zero-order chi connectivity index (χ0) is 23.0. The van der Waals surface area contributed by atoms with Gasteiger partial charge in [0.2, 0.25) is 11.8 Å². The summed E-state index contributed by atoms with van der Waals surface area (Å²) in [6.07, 6.45) is 2.44. The van der Waals surface area contributed by atoms with Crippen LogP contribution in [0.1, 0.15) is 42.4 Å². The molecular weight excluding hydrogens is 433 g/mol. The number of carbonyl (C=O) groups excluding carboxylic acids is 2. The average molecular weight is 459 g/mol. The molecule has 32 heavy (non-hydrogen) atoms. The van der Waals surface area contributed by atoms with E-state index >= 15 is 0 Å². The van der Waals surface area contributed by atoms with Crippen LogP contribution in [-0.2, 0) is 27.0 Å². The fourth-order valence-electron chi connectivity index (χ4n) is 4.24. The number of aryl methyl sites for hydroxylation is 2. The standard InChI is InChI=1S/C22H26N3O6P/c1-14-17-5-3-4-6-18(17)31-19(14)13-24(2)20(26)9-7-15-11-16-8-10-21(27)25(32(28,29)30)22(16)23-12-15/h3-6,11-12,14,19H,7-10,13H2,1-2H3,(H2,28,29,30). The van der Waals surface area contributed by atoms with Crippen LogP contribution in [0.2, 0.25) is 0 Å². The molecule has 3 heterocycles. The third-order valence-corrected chi connectivity index (χ3v) is 6.99. The van der Waals surface area contributed by atoms with Gasteiger partial charge in [-0.1, -0.05) is 31.2 Å². The topological polar surface area (TPSA) is 120 Å². The fraction of sp³-hybridized carbons (Fsp3) is 0.409. The van der Waals surface area contributed by atoms with Gasteiger partial charge in [0, 0.05) is 37.6 Å². The maximum Gasteiger partial charge on any atom is 0.438 e. The van der Waals surface area contributed by atoms with Crippen LogP contribution in [-0.4, -0.2) is 51.2 Å². The highest BCUT2D eigenvalue weighted by Gasteiger charge is 2.37. The van der Waals surface area contributed by atoms with Crippen LogP contribution >= 0.6 is 7.75 Å². The number of nitrogens with zero attached hydrogens (tertiary/aromatic N) is 3. The molecule has 0 spiro atoms. The van der Waals surface area contributed by atoms with Gasteiger partial charge in [-0.2, -0.15) is 4.67 Å². The van der Waals surface area contributed by atoms with Crippen molar-refractivity contribution in [1.82, 2.24) is 9.88 Å². The number of ether oxygens (including phenoxy) is 1. The second-order valence-corrected chi connectivity index (χ2v) is 9.73. The molecule has 10 heteroatoms. The van der Waals surface area contributed by atoms with Crippen LogP contribution in [0, 0.1) is 0 Å². The number of hydrogen-bond donors (Lipinski definition) is 2. The van der Waals surface area contributed by atoms with E-state index in [4.69, 9.17) is 4.74 Å². The highest BCUT2D eigenvalue weighted by atomic mass is 31.2. The van der Waals surface area contributed by atoms with E-state index in [2.05, 4.69) is 11.9 Å². The molecule has 0 bridgehead atoms. The van der Waals surface area contributed by atoms with Gasteiger partial charge < -0.3 is 19.4 Å². The van der Waals surface area contributed by atoms with Crippen molar-refractivity contribution in [3.63, 3.8) is 0 Å². The van der Waals surface area contributed by atoms with Gasteiger partial charge in [-0.05, 0) is 30.0 Å². The van der Waals surface area contributed by atoms with Crippen molar-refractivity contribution in [2.45, 2.75) is 44.6 Å². The molecule has 0 radical (unpaired) electrons. The summed E-state index contributed by atoms with van der Waals surface area (Å²) >= 11 is 0. The highest BCUT2D eigenvalue weighted by Crippen LogP contribution is 2.46. The number of likely N-dealkylation sites (N-methyl/N-ethyl adjacent to an activating group) is 1. The van der Waals surface area contributed by atoms with E-state index in [0.29, 0.717) is 29.6 Å². The Bertz CT molecular complexity index is 1100. The van der Waals surface area contributed by atoms with Gasteiger partial charge in [0.15, 0.2) is 0 Å². The van der Waals surface area contributed by atoms with Gasteiger partial charge in [0.1, 0.15) is 17.7 Å². The first kappa shape index (κ1) is 22.5. The lowest BCUT2D eigenvalue weighted by Gasteiger charge is -2.28. The highest BCUT2D eigenvalue weighted by molar-refractivity contribution is 7.54. The van der Waals surface area contributed by atoms with Crippen molar-refractivity contribution in [3.8, 4) is 5.75 Å². The first-order valence-electron chi connectivity index (χ1n) is 10.5. The van der Waals surface area contributed by atoms with E-state index in [9.17, 15) is 23.9 Å². The Labute approximate surface area is 186 Å². The van der Waals surface area contributed by atoms with E-state index < -0.39 is 13.7 Å². The Morgan fingerprint density at radius 2 is 2.06 bits per heavy atom. The van der Waals surface area contributed by atoms with Gasteiger partial charge in [-0.3, -0.25) is 9.59 Å². The summed E-state index contributed by atoms with van der Waals surface area (Å²) in [6.45, 7) is 2.58. The minimum Gasteiger partial charge on any atom is -0.488 e. The number of anilines is 1. The number of fused-ring (bicyclic) bond motifs is 2. The smallest absolute Gasteiger partial charge is 0.438 e. The molecule has 2 atom stereocenters. The van der Waals surface area contributed by atoms with Crippen molar-refractivity contribution in [2.24, 2.45) is 0 Å². The van der Waals surface area contributed by atoms with Gasteiger partial charge >= 0.3 is 7.75 Å². The van der Waals surface area contributed by atoms with Crippen LogP contribution in [0.15, 0.2) is 36.5 Å². The van der Waals surface area contributed by atoms with E-state index in [1.165, 1.54) is 6.20 Å². The van der Waals surface area contributed by atoms with Gasteiger partial charge in [-0.15, -0.1) is 0 Å². The maximum absolute atomic E-state index is 12.7. The molecule has 2 unspecified atom stereocenters. The summed E-state index contributed by atoms with van der Waals surface area (Å²) in [7, 11) is -3.02. The van der Waals surface area contributed by atoms with E-state index in [1.54, 1.807) is 18.0 Å². The third-order valence-electron chi connectivity index (χ3n) is 6.06. The predicted molar refractivity (Wildman–Crippen MR) is 117 cm³/mol. The third kappa shape index (κ3) is 4.41. The molecule has 1 aromatic heterocycles. The average Bonchev–Trinajstić information content (AvgIpc) is 3.06. The van der Waals surface area contributed by atoms with Gasteiger partial charge in [0.25, 0.3) is 0 Å². The van der Waals surface area contributed by atoms with Crippen LogP contribution in [0.3, 0.4) is 0 Å². The monoisotopic (exact) mass is 459 g/mol. The summed E-state index contributed by atoms with van der Waals surface area (Å²) in [5.74, 6) is 0.392. The minimum atomic E-state index is -4.78. The summed E-state index contributed by atoms with van der Waals surface area (Å²) in [6, 6.07) is 9.68. The molecule has 170 valence electrons. The van der Waals surface area contributed by atoms with Gasteiger partial charge in [0.05, 0.1) is 6.54 Å². The summed E-state index contributed by atoms with van der Waals surface area (Å²) in [4.78, 5) is 49.4. The Hall–Kier alpha value is -2.74. The first-order valence-corrected chi connectivity index (χ1v) is 12.1. The zero-order valence-corrected chi connectivity index (χ0v) is 18.9. The molecule has 2 aromatic rings. The summed E-state index contributed by atoms with van der Waals surface area (Å²) in [5.41, 5.74) is 2.53. The number of rotatable bonds is 6. The predicted octanol–water partition coefficient (Wildman–Crippen LogP) is 2.41. The van der Waals surface area contributed by atoms with Crippen LogP contribution in [0.25, 0.3) is 0 Å². The van der Waals surface area contributed by atoms with Crippen molar-refractivity contribution in [2.75, 3.05) is 18.3 Å². The van der Waals surface area contributed by atoms with Crippen LogP contribution in [0.4, 0.5) is 5.82 Å². The molecule has 1 aromatic carbocycles. The molecule has 0 fully saturated rings. The molecule has 0 aliphatic carbocycles. The lowest BCUT2D eigenvalue weighted by atomic mass is 9.97. The Morgan fingerprint density at radius 1 is 1.31 bits per heavy atom. The first-order chi connectivity index (χ1) is 15.1. The molecule has 4 rings (SSSR count). The zero-order valence-electron chi connectivity index (χ0n) is 18.0. The second-order valence-electron chi connectivity index (χ2n) is 8.30. The van der Waals surface area contributed by atoms with Crippen molar-refractivity contribution >= 4 is 25.4 Å². The Kier molecular flexibility index (Phi) is 6.07. The number of para-hydroxylation sites is 1. The van der Waals surface area contributed by atoms with Crippen LogP contribution < -0.4 is 9.41 Å². The molecule has 0 saturated carbocycles. The number of aromatic nitrogens is 1. The van der Waals surface area contributed by atoms with Crippen molar-refractivity contribution in [3.05, 3.63) is 53.2 Å². The number of benzene rings is 1. The van der Waals surface area contributed by atoms with Crippen molar-refractivity contribution < 1.29 is 28.7 Å². The maximum atomic E-state index is 12.7. The van der Waals surface area contributed by atoms with Crippen LogP contribution in [0.5, 0.6) is 5.75 Å². The largest absolute Gasteiger partial charge is 0.488 e. The Balaban J connectivity index is 1.36. The van der Waals surface area contributed by atoms with E-state index in [1.807, 2.05) is 24.3 Å². The number of carbonyl (C=O) groups is 2. The molecule has 0 saturated heterocycles. The SMILES string of the molecule is CC1c2ccccc2OC1CN(C)C(=O)CCc1cnc2c(c1)CCC(=O)N2P(=O)(O)O. The van der Waals surface area contributed by atoms with Crippen molar-refractivity contribution in [1.29, 1.82) is 0 Å². The second kappa shape index (κ2) is 8.65. The molecule has 2 N–H and O–H groups in total. The number of hydrogen-bond acceptors (Lipinski definition) is 5. The van der Waals surface area contributed by atoms with Gasteiger partial charge in [-0.25, -0.2) is 9.55 Å². The molecule has 2 amide bonds. The lowest BCUT2D eigenvalue weighted by Crippen LogP contribution is -2.37. The lowest BCUT2D eigenvalue weighted by molar-refractivity contribution is -0.130.